The molecule has 0 saturated carbocycles. The van der Waals surface area contributed by atoms with Gasteiger partial charge in [-0.05, 0) is 29.6 Å². The van der Waals surface area contributed by atoms with Crippen molar-refractivity contribution in [1.82, 2.24) is 5.43 Å². The molecule has 0 atom stereocenters. The first-order valence-electron chi connectivity index (χ1n) is 6.07. The Morgan fingerprint density at radius 2 is 2.23 bits per heavy atom. The van der Waals surface area contributed by atoms with E-state index in [2.05, 4.69) is 26.5 Å². The number of hydrogen-bond acceptors (Lipinski definition) is 5. The normalized spacial score (nSPS) is 10.6. The Morgan fingerprint density at radius 1 is 1.41 bits per heavy atom. The number of nitrogens with one attached hydrogen (secondary N) is 1. The molecule has 0 unspecified atom stereocenters. The lowest BCUT2D eigenvalue weighted by Crippen LogP contribution is -2.16. The molecule has 1 heterocycles. The van der Waals surface area contributed by atoms with Crippen LogP contribution in [-0.4, -0.2) is 29.8 Å². The van der Waals surface area contributed by atoms with Crippen molar-refractivity contribution in [3.8, 4) is 5.75 Å². The Bertz CT molecular complexity index is 701. The Morgan fingerprint density at radius 3 is 2.91 bits per heavy atom. The fourth-order valence-corrected chi connectivity index (χ4v) is 2.51. The molecule has 0 spiro atoms. The molecule has 6 nitrogen and oxygen atoms in total. The van der Waals surface area contributed by atoms with Crippen molar-refractivity contribution in [1.29, 1.82) is 0 Å². The van der Waals surface area contributed by atoms with E-state index in [0.717, 1.165) is 4.47 Å². The average molecular weight is 383 g/mol. The molecule has 0 bridgehead atoms. The van der Waals surface area contributed by atoms with Gasteiger partial charge in [0.15, 0.2) is 6.61 Å². The maximum Gasteiger partial charge on any atom is 0.341 e. The van der Waals surface area contributed by atoms with Gasteiger partial charge in [-0.1, -0.05) is 22.0 Å². The van der Waals surface area contributed by atoms with Crippen molar-refractivity contribution in [2.75, 3.05) is 6.61 Å². The summed E-state index contributed by atoms with van der Waals surface area (Å²) in [5, 5.41) is 14.3. The van der Waals surface area contributed by atoms with E-state index >= 15 is 0 Å². The molecule has 1 amide bonds. The highest BCUT2D eigenvalue weighted by Gasteiger charge is 2.07. The van der Waals surface area contributed by atoms with Gasteiger partial charge in [-0.2, -0.15) is 5.10 Å². The minimum Gasteiger partial charge on any atom is -0.481 e. The van der Waals surface area contributed by atoms with Crippen LogP contribution in [-0.2, 0) is 4.79 Å². The Kier molecular flexibility index (Phi) is 5.68. The Balaban J connectivity index is 2.07. The lowest BCUT2D eigenvalue weighted by molar-refractivity contribution is -0.139. The predicted octanol–water partition coefficient (Wildman–Crippen LogP) is 2.74. The molecule has 0 fully saturated rings. The zero-order valence-electron chi connectivity index (χ0n) is 11.2. The quantitative estimate of drug-likeness (QED) is 0.593. The van der Waals surface area contributed by atoms with Crippen LogP contribution in [0.3, 0.4) is 0 Å². The summed E-state index contributed by atoms with van der Waals surface area (Å²) in [4.78, 5) is 22.8. The van der Waals surface area contributed by atoms with E-state index in [-0.39, 0.29) is 5.91 Å². The maximum absolute atomic E-state index is 11.7. The van der Waals surface area contributed by atoms with Crippen LogP contribution in [0.15, 0.2) is 45.3 Å². The van der Waals surface area contributed by atoms with Gasteiger partial charge in [0.2, 0.25) is 0 Å². The van der Waals surface area contributed by atoms with Crippen molar-refractivity contribution in [2.24, 2.45) is 5.10 Å². The number of carbonyl (C=O) groups is 2. The fraction of sp³-hybridized carbons (Fsp3) is 0.0714. The third kappa shape index (κ3) is 4.68. The minimum absolute atomic E-state index is 0.311. The molecule has 0 aliphatic rings. The van der Waals surface area contributed by atoms with Crippen LogP contribution < -0.4 is 10.2 Å². The molecule has 0 radical (unpaired) electrons. The van der Waals surface area contributed by atoms with E-state index < -0.39 is 12.6 Å². The molecule has 114 valence electrons. The summed E-state index contributed by atoms with van der Waals surface area (Å²) >= 11 is 4.62. The lowest BCUT2D eigenvalue weighted by atomic mass is 10.2. The molecule has 2 rings (SSSR count). The van der Waals surface area contributed by atoms with Gasteiger partial charge in [0.05, 0.1) is 11.1 Å². The highest BCUT2D eigenvalue weighted by molar-refractivity contribution is 9.10. The SMILES string of the molecule is O=C(O)COc1ccc(Br)cc1C=NNC(=O)c1cccs1. The topological polar surface area (TPSA) is 88.0 Å². The highest BCUT2D eigenvalue weighted by atomic mass is 79.9. The van der Waals surface area contributed by atoms with Crippen molar-refractivity contribution in [3.05, 3.63) is 50.6 Å². The van der Waals surface area contributed by atoms with Gasteiger partial charge in [0, 0.05) is 10.0 Å². The number of thiophene rings is 1. The smallest absolute Gasteiger partial charge is 0.341 e. The first-order chi connectivity index (χ1) is 10.6. The number of rotatable bonds is 6. The van der Waals surface area contributed by atoms with Crippen LogP contribution in [0.25, 0.3) is 0 Å². The standard InChI is InChI=1S/C14H11BrN2O4S/c15-10-3-4-11(21-8-13(18)19)9(6-10)7-16-17-14(20)12-2-1-5-22-12/h1-7H,8H2,(H,17,20)(H,18,19). The van der Waals surface area contributed by atoms with E-state index in [1.54, 1.807) is 35.7 Å². The second-order valence-corrected chi connectivity index (χ2v) is 5.90. The van der Waals surface area contributed by atoms with E-state index in [0.29, 0.717) is 16.2 Å². The van der Waals surface area contributed by atoms with Gasteiger partial charge in [-0.25, -0.2) is 10.2 Å². The number of aliphatic carboxylic acids is 1. The number of carboxylic acid groups (broad SMARTS) is 1. The molecular weight excluding hydrogens is 372 g/mol. The molecular formula is C14H11BrN2O4S. The monoisotopic (exact) mass is 382 g/mol. The second kappa shape index (κ2) is 7.71. The van der Waals surface area contributed by atoms with Crippen LogP contribution >= 0.6 is 27.3 Å². The first kappa shape index (κ1) is 16.2. The third-order valence-electron chi connectivity index (χ3n) is 2.44. The van der Waals surface area contributed by atoms with Crippen molar-refractivity contribution in [3.63, 3.8) is 0 Å². The molecule has 0 saturated heterocycles. The summed E-state index contributed by atoms with van der Waals surface area (Å²) in [5.74, 6) is -1.02. The number of benzene rings is 1. The van der Waals surface area contributed by atoms with Crippen LogP contribution in [0.5, 0.6) is 5.75 Å². The molecule has 22 heavy (non-hydrogen) atoms. The van der Waals surface area contributed by atoms with Crippen LogP contribution in [0.4, 0.5) is 0 Å². The average Bonchev–Trinajstić information content (AvgIpc) is 3.00. The molecule has 1 aromatic carbocycles. The third-order valence-corrected chi connectivity index (χ3v) is 3.80. The second-order valence-electron chi connectivity index (χ2n) is 4.04. The van der Waals surface area contributed by atoms with Crippen LogP contribution in [0, 0.1) is 0 Å². The van der Waals surface area contributed by atoms with E-state index in [9.17, 15) is 9.59 Å². The van der Waals surface area contributed by atoms with Crippen molar-refractivity contribution >= 4 is 45.4 Å². The summed E-state index contributed by atoms with van der Waals surface area (Å²) in [5.41, 5.74) is 2.94. The Hall–Kier alpha value is -2.19. The summed E-state index contributed by atoms with van der Waals surface area (Å²) < 4.78 is 5.94. The fourth-order valence-electron chi connectivity index (χ4n) is 1.51. The molecule has 1 aromatic heterocycles. The van der Waals surface area contributed by atoms with Gasteiger partial charge >= 0.3 is 5.97 Å². The van der Waals surface area contributed by atoms with Crippen LogP contribution in [0.2, 0.25) is 0 Å². The van der Waals surface area contributed by atoms with Gasteiger partial charge in [0.25, 0.3) is 5.91 Å². The summed E-state index contributed by atoms with van der Waals surface area (Å²) in [7, 11) is 0. The zero-order chi connectivity index (χ0) is 15.9. The predicted molar refractivity (Wildman–Crippen MR) is 86.7 cm³/mol. The first-order valence-corrected chi connectivity index (χ1v) is 7.74. The Labute approximate surface area is 138 Å². The molecule has 0 aliphatic heterocycles. The summed E-state index contributed by atoms with van der Waals surface area (Å²) in [6, 6.07) is 8.51. The summed E-state index contributed by atoms with van der Waals surface area (Å²) in [6.45, 7) is -0.454. The number of ether oxygens (including phenoxy) is 1. The number of hydrogen-bond donors (Lipinski definition) is 2. The van der Waals surface area contributed by atoms with E-state index in [4.69, 9.17) is 9.84 Å². The largest absolute Gasteiger partial charge is 0.481 e. The summed E-state index contributed by atoms with van der Waals surface area (Å²) in [6.07, 6.45) is 1.40. The number of nitrogens with zero attached hydrogens (tertiary/aromatic N) is 1. The number of amides is 1. The van der Waals surface area contributed by atoms with Gasteiger partial charge < -0.3 is 9.84 Å². The van der Waals surface area contributed by atoms with E-state index in [1.807, 2.05) is 0 Å². The lowest BCUT2D eigenvalue weighted by Gasteiger charge is -2.07. The zero-order valence-corrected chi connectivity index (χ0v) is 13.6. The van der Waals surface area contributed by atoms with Gasteiger partial charge in [-0.3, -0.25) is 4.79 Å². The van der Waals surface area contributed by atoms with Gasteiger partial charge in [0.1, 0.15) is 5.75 Å². The van der Waals surface area contributed by atoms with E-state index in [1.165, 1.54) is 17.6 Å². The van der Waals surface area contributed by atoms with Crippen LogP contribution in [0.1, 0.15) is 15.2 Å². The number of halogens is 1. The maximum atomic E-state index is 11.7. The molecule has 0 aliphatic carbocycles. The molecule has 8 heteroatoms. The van der Waals surface area contributed by atoms with Crippen molar-refractivity contribution < 1.29 is 19.4 Å². The molecule has 2 N–H and O–H groups in total. The van der Waals surface area contributed by atoms with Crippen molar-refractivity contribution in [2.45, 2.75) is 0 Å². The molecule has 2 aromatic rings. The number of carbonyl (C=O) groups excluding carboxylic acids is 1. The highest BCUT2D eigenvalue weighted by Crippen LogP contribution is 2.21. The minimum atomic E-state index is -1.07. The van der Waals surface area contributed by atoms with Gasteiger partial charge in [-0.15, -0.1) is 11.3 Å². The number of carboxylic acids is 1. The number of hydrazone groups is 1.